The summed E-state index contributed by atoms with van der Waals surface area (Å²) < 4.78 is 75.8. The van der Waals surface area contributed by atoms with Gasteiger partial charge in [0.05, 0.1) is 12.7 Å². The molecule has 3 fully saturated rings. The van der Waals surface area contributed by atoms with E-state index in [1.165, 1.54) is 6.92 Å². The number of hydrogen-bond acceptors (Lipinski definition) is 21. The predicted octanol–water partition coefficient (Wildman–Crippen LogP) is 0.761. The molecule has 0 aliphatic carbocycles. The Morgan fingerprint density at radius 3 is 1.42 bits per heavy atom. The van der Waals surface area contributed by atoms with E-state index in [1.807, 2.05) is 0 Å². The summed E-state index contributed by atoms with van der Waals surface area (Å²) in [6.45, 7) is 9.33. The normalized spacial score (nSPS) is 32.5. The molecule has 0 N–H and O–H groups in total. The molecule has 3 aliphatic rings. The monoisotopic (exact) mass is 858 g/mol. The molecule has 3 aliphatic heterocycles. The fourth-order valence-electron chi connectivity index (χ4n) is 6.85. The van der Waals surface area contributed by atoms with Crippen LogP contribution in [0.1, 0.15) is 81.6 Å². The lowest BCUT2D eigenvalue weighted by atomic mass is 9.89. The smallest absolute Gasteiger partial charge is 0.303 e. The summed E-state index contributed by atoms with van der Waals surface area (Å²) in [6.07, 6.45) is -13.3. The maximum absolute atomic E-state index is 12.8. The van der Waals surface area contributed by atoms with E-state index in [1.54, 1.807) is 6.92 Å². The number of terminal acetylenes is 1. The standard InChI is InChI=1S/C39H54O21/c1-11-12-13-14-48-38-35(55-25(9)46)33(53-23(7)44)32(29(57-38)16-49-20(4)41)60-39-36(56-26(10)47)34(54-24(8)45)31(30(58-39)17-50-21(5)42)59-37-28(52-22(6)43)15-27(18(2)40)19(3)51-37/h1,19,27-39H,12-17H2,2-10H3/t19?,27-,28+,29?,30?,31-,32-,33?,34?,35+,36+,37-,38-,39-/m1/s1. The molecule has 0 bridgehead atoms. The molecular weight excluding hydrogens is 804 g/mol. The SMILES string of the molecule is C#CCCCO[C@@H]1OC(COC(C)=O)[C@@H](O[C@H]2OC(COC(C)=O)[C@@H](O[C@H]3OC(C)[C@@H](C(C)=O)C[C@@H]3OC(C)=O)C(OC(C)=O)[C@@H]2OC(C)=O)C(OC(C)=O)[C@@H]1OC(C)=O. The molecule has 3 rings (SSSR count). The van der Waals surface area contributed by atoms with Gasteiger partial charge in [-0.1, -0.05) is 0 Å². The van der Waals surface area contributed by atoms with Crippen LogP contribution in [0.2, 0.25) is 0 Å². The summed E-state index contributed by atoms with van der Waals surface area (Å²) in [5.74, 6) is -4.35. The number of Topliss-reactive ketones (excluding diaryl/α,β-unsaturated/α-hetero) is 1. The van der Waals surface area contributed by atoms with Crippen LogP contribution in [0, 0.1) is 18.3 Å². The number of ketones is 1. The second-order valence-electron chi connectivity index (χ2n) is 14.2. The van der Waals surface area contributed by atoms with E-state index in [9.17, 15) is 38.4 Å². The van der Waals surface area contributed by atoms with Crippen LogP contribution in [0.3, 0.4) is 0 Å². The van der Waals surface area contributed by atoms with Gasteiger partial charge in [0.1, 0.15) is 43.4 Å². The van der Waals surface area contributed by atoms with Gasteiger partial charge in [0.2, 0.25) is 0 Å². The topological polar surface area (TPSA) is 257 Å². The van der Waals surface area contributed by atoms with Gasteiger partial charge in [-0.25, -0.2) is 0 Å². The highest BCUT2D eigenvalue weighted by Crippen LogP contribution is 2.38. The summed E-state index contributed by atoms with van der Waals surface area (Å²) >= 11 is 0. The average molecular weight is 859 g/mol. The fraction of sp³-hybridized carbons (Fsp3) is 0.744. The zero-order valence-corrected chi connectivity index (χ0v) is 35.0. The second-order valence-corrected chi connectivity index (χ2v) is 14.2. The minimum Gasteiger partial charge on any atom is -0.463 e. The van der Waals surface area contributed by atoms with Crippen molar-refractivity contribution in [1.82, 2.24) is 0 Å². The zero-order valence-electron chi connectivity index (χ0n) is 35.0. The number of carbonyl (C=O) groups is 8. The summed E-state index contributed by atoms with van der Waals surface area (Å²) in [7, 11) is 0. The van der Waals surface area contributed by atoms with Crippen molar-refractivity contribution in [3.8, 4) is 12.3 Å². The van der Waals surface area contributed by atoms with Crippen LogP contribution in [0.15, 0.2) is 0 Å². The van der Waals surface area contributed by atoms with Crippen LogP contribution in [-0.2, 0) is 99.9 Å². The molecule has 0 amide bonds. The lowest BCUT2D eigenvalue weighted by Crippen LogP contribution is -2.67. The van der Waals surface area contributed by atoms with Crippen molar-refractivity contribution in [3.63, 3.8) is 0 Å². The van der Waals surface area contributed by atoms with Gasteiger partial charge in [-0.15, -0.1) is 12.3 Å². The highest BCUT2D eigenvalue weighted by molar-refractivity contribution is 5.79. The van der Waals surface area contributed by atoms with Gasteiger partial charge in [0, 0.05) is 67.2 Å². The van der Waals surface area contributed by atoms with Gasteiger partial charge < -0.3 is 61.6 Å². The molecule has 0 saturated carbocycles. The van der Waals surface area contributed by atoms with Crippen LogP contribution in [0.5, 0.6) is 0 Å². The molecule has 0 spiro atoms. The summed E-state index contributed by atoms with van der Waals surface area (Å²) in [6, 6.07) is 0. The van der Waals surface area contributed by atoms with Gasteiger partial charge in [-0.2, -0.15) is 0 Å². The highest BCUT2D eigenvalue weighted by atomic mass is 16.8. The minimum absolute atomic E-state index is 0.00795. The Labute approximate surface area is 346 Å². The number of ether oxygens (including phenoxy) is 13. The molecule has 21 nitrogen and oxygen atoms in total. The second kappa shape index (κ2) is 23.3. The molecular formula is C39H54O21. The van der Waals surface area contributed by atoms with Crippen LogP contribution < -0.4 is 0 Å². The first-order valence-electron chi connectivity index (χ1n) is 19.2. The molecule has 5 unspecified atom stereocenters. The third-order valence-electron chi connectivity index (χ3n) is 9.17. The van der Waals surface area contributed by atoms with Gasteiger partial charge in [0.25, 0.3) is 0 Å². The molecule has 21 heteroatoms. The van der Waals surface area contributed by atoms with E-state index in [-0.39, 0.29) is 18.8 Å². The maximum Gasteiger partial charge on any atom is 0.303 e. The predicted molar refractivity (Wildman–Crippen MR) is 195 cm³/mol. The number of hydrogen-bond donors (Lipinski definition) is 0. The van der Waals surface area contributed by atoms with E-state index >= 15 is 0 Å². The van der Waals surface area contributed by atoms with Crippen molar-refractivity contribution in [2.45, 2.75) is 161 Å². The molecule has 0 aromatic heterocycles. The Morgan fingerprint density at radius 2 is 0.983 bits per heavy atom. The number of unbranched alkanes of at least 4 members (excludes halogenated alkanes) is 1. The van der Waals surface area contributed by atoms with E-state index in [0.717, 1.165) is 48.5 Å². The largest absolute Gasteiger partial charge is 0.463 e. The first-order chi connectivity index (χ1) is 28.2. The Hall–Kier alpha value is -4.72. The molecule has 3 saturated heterocycles. The Bertz CT molecular complexity index is 1590. The molecule has 3 heterocycles. The minimum atomic E-state index is -1.85. The van der Waals surface area contributed by atoms with Crippen molar-refractivity contribution >= 4 is 47.6 Å². The maximum atomic E-state index is 12.8. The first kappa shape index (κ1) is 49.6. The summed E-state index contributed by atoms with van der Waals surface area (Å²) in [4.78, 5) is 99.5. The third-order valence-corrected chi connectivity index (χ3v) is 9.17. The lowest BCUT2D eigenvalue weighted by Gasteiger charge is -2.49. The van der Waals surface area contributed by atoms with Crippen LogP contribution in [-0.4, -0.2) is 147 Å². The van der Waals surface area contributed by atoms with Crippen LogP contribution in [0.25, 0.3) is 0 Å². The molecule has 60 heavy (non-hydrogen) atoms. The van der Waals surface area contributed by atoms with Crippen molar-refractivity contribution in [2.24, 2.45) is 5.92 Å². The quantitative estimate of drug-likeness (QED) is 0.0798. The number of rotatable bonds is 18. The van der Waals surface area contributed by atoms with Gasteiger partial charge in [-0.3, -0.25) is 38.4 Å². The third kappa shape index (κ3) is 14.8. The van der Waals surface area contributed by atoms with E-state index in [4.69, 9.17) is 68.0 Å². The fourth-order valence-corrected chi connectivity index (χ4v) is 6.85. The van der Waals surface area contributed by atoms with E-state index in [2.05, 4.69) is 5.92 Å². The average Bonchev–Trinajstić information content (AvgIpc) is 3.12. The Kier molecular flexibility index (Phi) is 19.3. The zero-order chi connectivity index (χ0) is 44.8. The number of carbonyl (C=O) groups excluding carboxylic acids is 8. The van der Waals surface area contributed by atoms with Gasteiger partial charge in [0.15, 0.2) is 49.4 Å². The van der Waals surface area contributed by atoms with Gasteiger partial charge in [-0.05, 0) is 20.3 Å². The highest BCUT2D eigenvalue weighted by Gasteiger charge is 2.58. The van der Waals surface area contributed by atoms with Crippen molar-refractivity contribution in [3.05, 3.63) is 0 Å². The Balaban J connectivity index is 2.18. The van der Waals surface area contributed by atoms with Crippen molar-refractivity contribution in [1.29, 1.82) is 0 Å². The number of esters is 7. The molecule has 0 aromatic carbocycles. The molecule has 14 atom stereocenters. The molecule has 0 aromatic rings. The van der Waals surface area contributed by atoms with Crippen LogP contribution in [0.4, 0.5) is 0 Å². The molecule has 336 valence electrons. The van der Waals surface area contributed by atoms with Gasteiger partial charge >= 0.3 is 41.8 Å². The first-order valence-corrected chi connectivity index (χ1v) is 19.2. The summed E-state index contributed by atoms with van der Waals surface area (Å²) in [5, 5.41) is 0. The Morgan fingerprint density at radius 1 is 0.550 bits per heavy atom. The summed E-state index contributed by atoms with van der Waals surface area (Å²) in [5.41, 5.74) is 0. The van der Waals surface area contributed by atoms with E-state index in [0.29, 0.717) is 12.8 Å². The van der Waals surface area contributed by atoms with Crippen LogP contribution >= 0.6 is 0 Å². The molecule has 0 radical (unpaired) electrons. The van der Waals surface area contributed by atoms with Crippen molar-refractivity contribution < 1.29 is 99.9 Å². The van der Waals surface area contributed by atoms with Crippen molar-refractivity contribution in [2.75, 3.05) is 19.8 Å². The lowest BCUT2D eigenvalue weighted by molar-refractivity contribution is -0.374. The van der Waals surface area contributed by atoms with E-state index < -0.39 is 141 Å².